The minimum atomic E-state index is -4.67. The lowest BCUT2D eigenvalue weighted by molar-refractivity contribution is 0.380. The molecule has 0 spiro atoms. The number of hydrogen-bond acceptors (Lipinski definition) is 4. The highest BCUT2D eigenvalue weighted by Gasteiger charge is 2.14. The summed E-state index contributed by atoms with van der Waals surface area (Å²) in [4.78, 5) is -0.0343. The Bertz CT molecular complexity index is 2020. The summed E-state index contributed by atoms with van der Waals surface area (Å²) in [5, 5.41) is 0. The third-order valence-corrected chi connectivity index (χ3v) is 37.4. The molecule has 0 saturated carbocycles. The molecule has 3 N–H and O–H groups in total. The van der Waals surface area contributed by atoms with Gasteiger partial charge in [0, 0.05) is 0 Å². The fourth-order valence-corrected chi connectivity index (χ4v) is 20.4. The van der Waals surface area contributed by atoms with Crippen molar-refractivity contribution >= 4 is 69.5 Å². The van der Waals surface area contributed by atoms with E-state index in [1.54, 1.807) is 12.1 Å². The molecule has 0 heterocycles. The summed E-state index contributed by atoms with van der Waals surface area (Å²) in [7, 11) is 1.20. The number of allylic oxidation sites excluding steroid dienone is 4. The van der Waals surface area contributed by atoms with Crippen molar-refractivity contribution in [1.82, 2.24) is 0 Å². The van der Waals surface area contributed by atoms with E-state index in [1.165, 1.54) is 67.3 Å². The van der Waals surface area contributed by atoms with Crippen molar-refractivity contribution in [3.63, 3.8) is 0 Å². The molecule has 1 aliphatic carbocycles. The predicted octanol–water partition coefficient (Wildman–Crippen LogP) is 18.5. The minimum Gasteiger partial charge on any atom is -0.282 e. The van der Waals surface area contributed by atoms with Crippen LogP contribution in [0.2, 0.25) is 0 Å². The fourth-order valence-electron chi connectivity index (χ4n) is 7.19. The molecule has 7 nitrogen and oxygen atoms in total. The number of rotatable bonds is 19. The van der Waals surface area contributed by atoms with Gasteiger partial charge in [-0.1, -0.05) is 203 Å². The van der Waals surface area contributed by atoms with Crippen LogP contribution in [0, 0.1) is 0 Å². The first-order chi connectivity index (χ1) is 31.4. The highest BCUT2D eigenvalue weighted by molar-refractivity contribution is 8.89. The summed E-state index contributed by atoms with van der Waals surface area (Å²) in [6.07, 6.45) is 22.7. The van der Waals surface area contributed by atoms with Crippen LogP contribution < -0.4 is 0 Å². The van der Waals surface area contributed by atoms with Crippen molar-refractivity contribution in [2.24, 2.45) is 0 Å². The first-order valence-electron chi connectivity index (χ1n) is 22.7. The highest BCUT2D eigenvalue weighted by atomic mass is 32.9. The van der Waals surface area contributed by atoms with E-state index in [1.807, 2.05) is 18.2 Å². The van der Waals surface area contributed by atoms with E-state index in [9.17, 15) is 8.42 Å². The van der Waals surface area contributed by atoms with Crippen molar-refractivity contribution in [2.75, 3.05) is 6.66 Å². The maximum absolute atomic E-state index is 10.9. The zero-order valence-corrected chi connectivity index (χ0v) is 47.8. The van der Waals surface area contributed by atoms with Gasteiger partial charge in [-0.05, 0) is 123 Å². The molecule has 0 amide bonds. The van der Waals surface area contributed by atoms with Crippen molar-refractivity contribution in [3.8, 4) is 0 Å². The van der Waals surface area contributed by atoms with Crippen molar-refractivity contribution in [1.29, 1.82) is 0 Å². The van der Waals surface area contributed by atoms with Gasteiger partial charge in [-0.2, -0.15) is 16.8 Å². The third-order valence-electron chi connectivity index (χ3n) is 10.4. The normalized spacial score (nSPS) is 12.9. The average molecular weight is 1070 g/mol. The van der Waals surface area contributed by atoms with Crippen LogP contribution in [-0.2, 0) is 20.5 Å². The Balaban J connectivity index is 0. The van der Waals surface area contributed by atoms with E-state index in [2.05, 4.69) is 171 Å². The second-order valence-electron chi connectivity index (χ2n) is 15.7. The summed E-state index contributed by atoms with van der Waals surface area (Å²) >= 11 is 0. The molecular formula is C52H84O7P6S2. The summed E-state index contributed by atoms with van der Waals surface area (Å²) in [6, 6.07) is 38.7. The molecule has 4 aromatic carbocycles. The molecule has 0 aromatic heterocycles. The molecule has 0 radical (unpaired) electrons. The van der Waals surface area contributed by atoms with Gasteiger partial charge in [0.05, 0.1) is 4.90 Å². The predicted molar refractivity (Wildman–Crippen MR) is 312 cm³/mol. The molecule has 0 saturated heterocycles. The lowest BCUT2D eigenvalue weighted by Gasteiger charge is -2.15. The van der Waals surface area contributed by atoms with E-state index >= 15 is 0 Å². The Kier molecular flexibility index (Phi) is 41.4. The molecule has 15 heteroatoms. The second kappa shape index (κ2) is 41.1. The molecule has 0 aliphatic heterocycles. The first-order valence-corrected chi connectivity index (χ1v) is 36.2. The maximum Gasteiger partial charge on any atom is 0.394 e. The Morgan fingerprint density at radius 2 is 0.940 bits per heavy atom. The van der Waals surface area contributed by atoms with E-state index in [0.29, 0.717) is 18.8 Å². The maximum atomic E-state index is 10.9. The van der Waals surface area contributed by atoms with Gasteiger partial charge in [0.25, 0.3) is 10.1 Å². The van der Waals surface area contributed by atoms with Crippen LogP contribution >= 0.6 is 49.0 Å². The largest absolute Gasteiger partial charge is 0.394 e. The molecule has 0 fully saturated rings. The Hall–Kier alpha value is -1.54. The monoisotopic (exact) mass is 1070 g/mol. The standard InChI is InChI=1S/C13H20O3S.C13H20.C13H16.C11H12.CH10P6.CH4.H2O4S/c1-3-5-11(6-4-2)12-7-9-13(10-8-12)17(14,15)16;2*1-3-8-12(9-4-2)13-10-6-5-7-11-13;1-2-6-10(7-3-1)11-8-4-5-9-11;1-6(3)7(4)5-2;;1-5(2,3)4/h7-11H,3-6H2,1-2H3,(H,14,15,16);5-7,10-12H,3-4,8-9H2,1-2H3;3-7,10-12H,1-2,8-9H2;1-7,11H,8-9H2;5H,2-4H2,1H3;1H4;(H2,1,2,3,4). The Morgan fingerprint density at radius 3 is 1.22 bits per heavy atom. The van der Waals surface area contributed by atoms with Gasteiger partial charge in [0.2, 0.25) is 0 Å². The van der Waals surface area contributed by atoms with Crippen molar-refractivity contribution in [3.05, 3.63) is 175 Å². The molecule has 6 atom stereocenters. The SMILES string of the molecule is C.C1=CCC(c2ccccc2)C1.C=CCC(CC=C)c1ccccc1.CCCC(CCC)c1ccc(S(=O)(=O)O)cc1.CCCC(CCC)c1ccccc1.CP(P)P(P)PP.O=S(=O)(O)O. The molecular weight excluding hydrogens is 987 g/mol. The summed E-state index contributed by atoms with van der Waals surface area (Å²) < 4.78 is 62.3. The topological polar surface area (TPSA) is 129 Å². The van der Waals surface area contributed by atoms with Crippen LogP contribution in [0.3, 0.4) is 0 Å². The molecule has 67 heavy (non-hydrogen) atoms. The zero-order valence-electron chi connectivity index (χ0n) is 39.9. The van der Waals surface area contributed by atoms with Gasteiger partial charge < -0.3 is 0 Å². The van der Waals surface area contributed by atoms with E-state index in [0.717, 1.165) is 63.9 Å². The summed E-state index contributed by atoms with van der Waals surface area (Å²) in [5.41, 5.74) is 5.53. The van der Waals surface area contributed by atoms with Crippen molar-refractivity contribution in [2.45, 2.75) is 141 Å². The van der Waals surface area contributed by atoms with Crippen molar-refractivity contribution < 1.29 is 30.5 Å². The molecule has 6 unspecified atom stereocenters. The van der Waals surface area contributed by atoms with E-state index < -0.39 is 20.5 Å². The molecule has 5 rings (SSSR count). The van der Waals surface area contributed by atoms with Crippen LogP contribution in [0.4, 0.5) is 0 Å². The van der Waals surface area contributed by atoms with E-state index in [4.69, 9.17) is 22.1 Å². The quantitative estimate of drug-likeness (QED) is 0.0484. The van der Waals surface area contributed by atoms with Gasteiger partial charge >= 0.3 is 10.4 Å². The number of hydrogen-bond donors (Lipinski definition) is 3. The van der Waals surface area contributed by atoms with Gasteiger partial charge in [0.15, 0.2) is 0 Å². The lowest BCUT2D eigenvalue weighted by Crippen LogP contribution is -2.01. The lowest BCUT2D eigenvalue weighted by atomic mass is 9.90. The van der Waals surface area contributed by atoms with Gasteiger partial charge in [-0.3, -0.25) is 13.7 Å². The Labute approximate surface area is 419 Å². The van der Waals surface area contributed by atoms with Gasteiger partial charge in [0.1, 0.15) is 0 Å². The first kappa shape index (κ1) is 67.5. The van der Waals surface area contributed by atoms with E-state index in [-0.39, 0.29) is 19.6 Å². The Morgan fingerprint density at radius 1 is 0.612 bits per heavy atom. The minimum absolute atomic E-state index is 0. The fraction of sp³-hybridized carbons (Fsp3) is 0.423. The molecule has 376 valence electrons. The van der Waals surface area contributed by atoms with Crippen LogP contribution in [-0.4, -0.2) is 37.2 Å². The van der Waals surface area contributed by atoms with Gasteiger partial charge in [-0.15, -0.1) is 39.9 Å². The van der Waals surface area contributed by atoms with Crippen LogP contribution in [0.1, 0.15) is 158 Å². The molecule has 4 aromatic rings. The molecule has 0 bridgehead atoms. The summed E-state index contributed by atoms with van der Waals surface area (Å²) in [6.45, 7) is 19.0. The van der Waals surface area contributed by atoms with Crippen LogP contribution in [0.15, 0.2) is 158 Å². The highest BCUT2D eigenvalue weighted by Crippen LogP contribution is 2.87. The second-order valence-corrected chi connectivity index (χ2v) is 37.0. The number of benzene rings is 4. The molecule has 1 aliphatic rings. The smallest absolute Gasteiger partial charge is 0.282 e. The third kappa shape index (κ3) is 34.4. The van der Waals surface area contributed by atoms with Gasteiger partial charge in [-0.25, -0.2) is 0 Å². The average Bonchev–Trinajstić information content (AvgIpc) is 3.85. The summed E-state index contributed by atoms with van der Waals surface area (Å²) in [5.74, 6) is 2.59. The zero-order chi connectivity index (χ0) is 49.8. The van der Waals surface area contributed by atoms with Crippen LogP contribution in [0.25, 0.3) is 0 Å². The van der Waals surface area contributed by atoms with Crippen LogP contribution in [0.5, 0.6) is 0 Å².